The molecule has 222 valence electrons. The molecule has 0 aliphatic heterocycles. The van der Waals surface area contributed by atoms with Gasteiger partial charge in [-0.1, -0.05) is 35.3 Å². The van der Waals surface area contributed by atoms with Crippen molar-refractivity contribution < 1.29 is 28.9 Å². The van der Waals surface area contributed by atoms with Gasteiger partial charge >= 0.3 is 5.97 Å². The number of aliphatic hydroxyl groups excluding tert-OH is 1. The van der Waals surface area contributed by atoms with Gasteiger partial charge in [0.05, 0.1) is 62.0 Å². The van der Waals surface area contributed by atoms with E-state index in [-0.39, 0.29) is 25.3 Å². The van der Waals surface area contributed by atoms with Gasteiger partial charge in [-0.2, -0.15) is 0 Å². The molecule has 0 bridgehead atoms. The quantitative estimate of drug-likeness (QED) is 0.104. The van der Waals surface area contributed by atoms with Crippen LogP contribution in [0.1, 0.15) is 22.1 Å². The number of aliphatic hydroxyl groups is 1. The summed E-state index contributed by atoms with van der Waals surface area (Å²) in [6.45, 7) is 3.61. The number of anilines is 4. The van der Waals surface area contributed by atoms with E-state index in [0.29, 0.717) is 82.5 Å². The van der Waals surface area contributed by atoms with Gasteiger partial charge in [0.1, 0.15) is 11.5 Å². The highest BCUT2D eigenvalue weighted by atomic mass is 35.5. The standard InChI is InChI=1S/C28H30Cl2N6O6/c1-17-34-26(31-8-10-40-12-13-41-11-9-37)25(27(35-17)36-22-5-3-2-4-19(22)28(38)39)33-16-24-32-15-23(42-24)20-14-18(29)6-7-21(20)30/h2-7,14-15,33,37H,8-13,16H2,1H3,(H,38,39)(H2,31,34,35,36). The van der Waals surface area contributed by atoms with Crippen molar-refractivity contribution in [2.75, 3.05) is 55.5 Å². The number of nitrogens with zero attached hydrogens (tertiary/aromatic N) is 3. The molecule has 0 fully saturated rings. The number of hydrogen-bond donors (Lipinski definition) is 5. The Balaban J connectivity index is 1.55. The van der Waals surface area contributed by atoms with Crippen molar-refractivity contribution in [2.45, 2.75) is 13.5 Å². The van der Waals surface area contributed by atoms with E-state index < -0.39 is 5.97 Å². The molecule has 2 heterocycles. The normalized spacial score (nSPS) is 11.0. The number of benzene rings is 2. The number of aryl methyl sites for hydroxylation is 1. The average Bonchev–Trinajstić information content (AvgIpc) is 3.44. The van der Waals surface area contributed by atoms with Crippen LogP contribution in [0.15, 0.2) is 53.1 Å². The molecule has 0 saturated carbocycles. The van der Waals surface area contributed by atoms with E-state index in [1.807, 2.05) is 0 Å². The van der Waals surface area contributed by atoms with Gasteiger partial charge in [-0.25, -0.2) is 19.7 Å². The molecule has 0 amide bonds. The minimum Gasteiger partial charge on any atom is -0.478 e. The molecular weight excluding hydrogens is 587 g/mol. The molecule has 12 nitrogen and oxygen atoms in total. The first-order chi connectivity index (χ1) is 20.4. The zero-order valence-electron chi connectivity index (χ0n) is 22.7. The molecule has 0 unspecified atom stereocenters. The maximum Gasteiger partial charge on any atom is 0.337 e. The maximum absolute atomic E-state index is 11.8. The minimum atomic E-state index is -1.08. The largest absolute Gasteiger partial charge is 0.478 e. The molecule has 0 spiro atoms. The third-order valence-corrected chi connectivity index (χ3v) is 6.31. The van der Waals surface area contributed by atoms with Crippen LogP contribution in [0.3, 0.4) is 0 Å². The summed E-state index contributed by atoms with van der Waals surface area (Å²) in [5.74, 6) is 0.987. The van der Waals surface area contributed by atoms with E-state index in [2.05, 4.69) is 30.9 Å². The van der Waals surface area contributed by atoms with Gasteiger partial charge in [0.25, 0.3) is 0 Å². The van der Waals surface area contributed by atoms with E-state index in [1.54, 1.807) is 49.5 Å². The first-order valence-corrected chi connectivity index (χ1v) is 13.7. The Bertz CT molecular complexity index is 1500. The highest BCUT2D eigenvalue weighted by molar-refractivity contribution is 6.35. The summed E-state index contributed by atoms with van der Waals surface area (Å²) in [7, 11) is 0. The predicted octanol–water partition coefficient (Wildman–Crippen LogP) is 5.24. The summed E-state index contributed by atoms with van der Waals surface area (Å²) in [4.78, 5) is 25.3. The third kappa shape index (κ3) is 8.54. The van der Waals surface area contributed by atoms with E-state index in [4.69, 9.17) is 42.2 Å². The zero-order chi connectivity index (χ0) is 29.9. The van der Waals surface area contributed by atoms with E-state index >= 15 is 0 Å². The van der Waals surface area contributed by atoms with Crippen molar-refractivity contribution in [3.63, 3.8) is 0 Å². The van der Waals surface area contributed by atoms with Crippen LogP contribution in [0.4, 0.5) is 23.0 Å². The number of carboxylic acids is 1. The molecule has 4 aromatic rings. The van der Waals surface area contributed by atoms with Crippen molar-refractivity contribution in [3.8, 4) is 11.3 Å². The Morgan fingerprint density at radius 2 is 1.76 bits per heavy atom. The van der Waals surface area contributed by atoms with Crippen molar-refractivity contribution in [2.24, 2.45) is 0 Å². The second kappa shape index (κ2) is 15.3. The van der Waals surface area contributed by atoms with Gasteiger partial charge in [0.15, 0.2) is 17.4 Å². The smallest absolute Gasteiger partial charge is 0.337 e. The van der Waals surface area contributed by atoms with Crippen molar-refractivity contribution in [3.05, 3.63) is 76.0 Å². The summed E-state index contributed by atoms with van der Waals surface area (Å²) in [5.41, 5.74) is 1.52. The number of para-hydroxylation sites is 1. The van der Waals surface area contributed by atoms with Crippen molar-refractivity contribution in [1.82, 2.24) is 15.0 Å². The number of ether oxygens (including phenoxy) is 2. The SMILES string of the molecule is Cc1nc(NCCOCCOCCO)c(NCc2ncc(-c3cc(Cl)ccc3Cl)o2)c(Nc2ccccc2C(=O)O)n1. The van der Waals surface area contributed by atoms with Crippen LogP contribution in [0, 0.1) is 6.92 Å². The van der Waals surface area contributed by atoms with E-state index in [9.17, 15) is 9.90 Å². The van der Waals surface area contributed by atoms with E-state index in [1.165, 1.54) is 6.07 Å². The molecule has 2 aromatic carbocycles. The average molecular weight is 617 g/mol. The number of oxazole rings is 1. The Hall–Kier alpha value is -3.94. The molecule has 0 atom stereocenters. The lowest BCUT2D eigenvalue weighted by atomic mass is 10.2. The van der Waals surface area contributed by atoms with Crippen LogP contribution in [0.25, 0.3) is 11.3 Å². The second-order valence-corrected chi connectivity index (χ2v) is 9.63. The van der Waals surface area contributed by atoms with E-state index in [0.717, 1.165) is 0 Å². The number of hydrogen-bond acceptors (Lipinski definition) is 11. The predicted molar refractivity (Wildman–Crippen MR) is 160 cm³/mol. The molecule has 0 saturated heterocycles. The van der Waals surface area contributed by atoms with Crippen LogP contribution in [0.2, 0.25) is 10.0 Å². The van der Waals surface area contributed by atoms with Gasteiger partial charge in [0.2, 0.25) is 5.89 Å². The number of carboxylic acid groups (broad SMARTS) is 1. The highest BCUT2D eigenvalue weighted by Crippen LogP contribution is 2.33. The third-order valence-electron chi connectivity index (χ3n) is 5.74. The fourth-order valence-electron chi connectivity index (χ4n) is 3.86. The Morgan fingerprint density at radius 3 is 2.55 bits per heavy atom. The lowest BCUT2D eigenvalue weighted by Gasteiger charge is -2.18. The minimum absolute atomic E-state index is 0.0408. The molecule has 0 aliphatic carbocycles. The number of rotatable bonds is 16. The highest BCUT2D eigenvalue weighted by Gasteiger charge is 2.18. The van der Waals surface area contributed by atoms with Crippen LogP contribution in [-0.2, 0) is 16.0 Å². The van der Waals surface area contributed by atoms with Gasteiger partial charge in [0, 0.05) is 17.1 Å². The Labute approximate surface area is 252 Å². The van der Waals surface area contributed by atoms with Crippen molar-refractivity contribution in [1.29, 1.82) is 0 Å². The Morgan fingerprint density at radius 1 is 1.00 bits per heavy atom. The summed E-state index contributed by atoms with van der Waals surface area (Å²) in [6.07, 6.45) is 1.56. The molecule has 5 N–H and O–H groups in total. The number of carbonyl (C=O) groups is 1. The zero-order valence-corrected chi connectivity index (χ0v) is 24.2. The molecule has 42 heavy (non-hydrogen) atoms. The van der Waals surface area contributed by atoms with Crippen LogP contribution >= 0.6 is 23.2 Å². The molecule has 2 aromatic heterocycles. The van der Waals surface area contributed by atoms with Crippen molar-refractivity contribution >= 4 is 52.2 Å². The number of nitrogens with one attached hydrogen (secondary N) is 3. The first kappa shape index (κ1) is 31.0. The first-order valence-electron chi connectivity index (χ1n) is 13.0. The van der Waals surface area contributed by atoms with Gasteiger partial charge in [-0.15, -0.1) is 0 Å². The lowest BCUT2D eigenvalue weighted by molar-refractivity contribution is 0.0361. The van der Waals surface area contributed by atoms with Gasteiger partial charge < -0.3 is 40.1 Å². The summed E-state index contributed by atoms with van der Waals surface area (Å²) < 4.78 is 16.7. The fraction of sp³-hybridized carbons (Fsp3) is 0.286. The monoisotopic (exact) mass is 616 g/mol. The molecule has 0 radical (unpaired) electrons. The Kier molecular flexibility index (Phi) is 11.3. The number of aromatic carboxylic acids is 1. The maximum atomic E-state index is 11.8. The molecule has 14 heteroatoms. The van der Waals surface area contributed by atoms with Gasteiger partial charge in [-0.3, -0.25) is 0 Å². The van der Waals surface area contributed by atoms with Crippen LogP contribution < -0.4 is 16.0 Å². The topological polar surface area (TPSA) is 164 Å². The summed E-state index contributed by atoms with van der Waals surface area (Å²) in [6, 6.07) is 11.6. The van der Waals surface area contributed by atoms with Crippen LogP contribution in [0.5, 0.6) is 0 Å². The second-order valence-electron chi connectivity index (χ2n) is 8.79. The number of aromatic nitrogens is 3. The molecular formula is C28H30Cl2N6O6. The lowest BCUT2D eigenvalue weighted by Crippen LogP contribution is -2.17. The molecule has 4 rings (SSSR count). The molecule has 0 aliphatic rings. The van der Waals surface area contributed by atoms with Crippen LogP contribution in [-0.4, -0.2) is 70.7 Å². The summed E-state index contributed by atoms with van der Waals surface area (Å²) >= 11 is 12.4. The fourth-order valence-corrected chi connectivity index (χ4v) is 4.24. The number of halogens is 2. The van der Waals surface area contributed by atoms with Gasteiger partial charge in [-0.05, 0) is 37.3 Å². The summed E-state index contributed by atoms with van der Waals surface area (Å²) in [5, 5.41) is 29.1.